The van der Waals surface area contributed by atoms with Crippen LogP contribution < -0.4 is 0 Å². The molecule has 0 unspecified atom stereocenters. The third-order valence-corrected chi connectivity index (χ3v) is 7.87. The standard InChI is InChI=1S/C20H20Te/c1-20(2,3)19-14-16-11-7-8-12-17(16)18(21-19)13-15-9-5-4-6-10-15/h4-14H,1-3H3/b18-13-. The zero-order chi connectivity index (χ0) is 14.9. The fraction of sp³-hybridized carbons (Fsp3) is 0.200. The van der Waals surface area contributed by atoms with Crippen molar-refractivity contribution in [2.45, 2.75) is 20.8 Å². The van der Waals surface area contributed by atoms with E-state index in [9.17, 15) is 0 Å². The Kier molecular flexibility index (Phi) is 4.07. The average molecular weight is 388 g/mol. The topological polar surface area (TPSA) is 0 Å². The molecule has 2 aromatic carbocycles. The molecule has 106 valence electrons. The van der Waals surface area contributed by atoms with Crippen molar-refractivity contribution in [2.75, 3.05) is 0 Å². The normalized spacial score (nSPS) is 16.5. The first-order chi connectivity index (χ1) is 10.0. The fourth-order valence-corrected chi connectivity index (χ4v) is 5.85. The summed E-state index contributed by atoms with van der Waals surface area (Å²) in [6, 6.07) is 19.5. The van der Waals surface area contributed by atoms with Gasteiger partial charge in [-0.3, -0.25) is 0 Å². The van der Waals surface area contributed by atoms with Gasteiger partial charge in [-0.05, 0) is 0 Å². The maximum absolute atomic E-state index is 2.43. The van der Waals surface area contributed by atoms with Crippen molar-refractivity contribution in [1.29, 1.82) is 0 Å². The van der Waals surface area contributed by atoms with Gasteiger partial charge in [-0.25, -0.2) is 0 Å². The van der Waals surface area contributed by atoms with Crippen LogP contribution in [0.25, 0.3) is 15.8 Å². The van der Waals surface area contributed by atoms with Gasteiger partial charge >= 0.3 is 138 Å². The van der Waals surface area contributed by atoms with Crippen molar-refractivity contribution in [3.05, 3.63) is 74.9 Å². The summed E-state index contributed by atoms with van der Waals surface area (Å²) in [6.07, 6.45) is 4.82. The second-order valence-corrected chi connectivity index (χ2v) is 9.46. The molecular formula is C20H20Te. The predicted octanol–water partition coefficient (Wildman–Crippen LogP) is 5.29. The molecule has 0 aromatic heterocycles. The van der Waals surface area contributed by atoms with E-state index >= 15 is 0 Å². The van der Waals surface area contributed by atoms with Crippen LogP contribution in [0, 0.1) is 5.41 Å². The number of rotatable bonds is 1. The second kappa shape index (κ2) is 5.84. The van der Waals surface area contributed by atoms with Gasteiger partial charge in [-0.15, -0.1) is 0 Å². The number of allylic oxidation sites excluding steroid dienone is 1. The van der Waals surface area contributed by atoms with Crippen molar-refractivity contribution < 1.29 is 0 Å². The second-order valence-electron chi connectivity index (χ2n) is 6.37. The van der Waals surface area contributed by atoms with Crippen LogP contribution in [0.2, 0.25) is 0 Å². The van der Waals surface area contributed by atoms with E-state index in [1.807, 2.05) is 0 Å². The molecule has 0 amide bonds. The molecule has 1 aliphatic heterocycles. The zero-order valence-electron chi connectivity index (χ0n) is 12.8. The molecule has 1 heterocycles. The maximum atomic E-state index is 2.43. The monoisotopic (exact) mass is 390 g/mol. The molecule has 0 spiro atoms. The van der Waals surface area contributed by atoms with E-state index in [1.54, 1.807) is 7.24 Å². The molecule has 0 nitrogen and oxygen atoms in total. The molecule has 0 atom stereocenters. The Hall–Kier alpha value is -1.29. The van der Waals surface area contributed by atoms with Crippen LogP contribution in [0.5, 0.6) is 0 Å². The van der Waals surface area contributed by atoms with Crippen molar-refractivity contribution in [3.8, 4) is 0 Å². The zero-order valence-corrected chi connectivity index (χ0v) is 15.1. The third kappa shape index (κ3) is 3.31. The molecule has 3 rings (SSSR count). The molecule has 0 aliphatic carbocycles. The Morgan fingerprint density at radius 2 is 1.52 bits per heavy atom. The molecule has 0 saturated heterocycles. The van der Waals surface area contributed by atoms with E-state index in [-0.39, 0.29) is 26.3 Å². The SMILES string of the molecule is CC(C)(C)C1=Cc2ccccc2/C(=C/c2ccccc2)[Te]1. The number of fused-ring (bicyclic) bond motifs is 1. The van der Waals surface area contributed by atoms with Crippen LogP contribution in [0.15, 0.2) is 58.2 Å². The molecule has 2 aromatic rings. The summed E-state index contributed by atoms with van der Waals surface area (Å²) in [5, 5.41) is 0. The van der Waals surface area contributed by atoms with Crippen molar-refractivity contribution in [2.24, 2.45) is 5.41 Å². The molecule has 0 bridgehead atoms. The van der Waals surface area contributed by atoms with E-state index in [0.717, 1.165) is 0 Å². The summed E-state index contributed by atoms with van der Waals surface area (Å²) in [7, 11) is 0. The van der Waals surface area contributed by atoms with E-state index in [0.29, 0.717) is 0 Å². The van der Waals surface area contributed by atoms with E-state index in [1.165, 1.54) is 16.7 Å². The molecule has 1 heteroatoms. The van der Waals surface area contributed by atoms with Gasteiger partial charge in [-0.1, -0.05) is 0 Å². The number of hydrogen-bond donors (Lipinski definition) is 0. The van der Waals surface area contributed by atoms with Gasteiger partial charge in [0.1, 0.15) is 0 Å². The summed E-state index contributed by atoms with van der Waals surface area (Å²) in [6.45, 7) is 6.99. The molecule has 1 aliphatic rings. The Labute approximate surface area is 137 Å². The summed E-state index contributed by atoms with van der Waals surface area (Å²) in [5.74, 6) is 0. The Morgan fingerprint density at radius 1 is 0.857 bits per heavy atom. The van der Waals surface area contributed by atoms with E-state index < -0.39 is 0 Å². The van der Waals surface area contributed by atoms with Gasteiger partial charge in [0.05, 0.1) is 0 Å². The molecule has 0 radical (unpaired) electrons. The Bertz CT molecular complexity index is 700. The summed E-state index contributed by atoms with van der Waals surface area (Å²) >= 11 is -0.306. The fourth-order valence-electron chi connectivity index (χ4n) is 2.37. The average Bonchev–Trinajstić information content (AvgIpc) is 2.47. The quantitative estimate of drug-likeness (QED) is 0.583. The Morgan fingerprint density at radius 3 is 2.24 bits per heavy atom. The molecule has 0 N–H and O–H groups in total. The summed E-state index contributed by atoms with van der Waals surface area (Å²) in [4.78, 5) is 0. The van der Waals surface area contributed by atoms with Crippen LogP contribution >= 0.6 is 0 Å². The first-order valence-electron chi connectivity index (χ1n) is 7.30. The van der Waals surface area contributed by atoms with Crippen molar-refractivity contribution in [1.82, 2.24) is 0 Å². The molecular weight excluding hydrogens is 368 g/mol. The van der Waals surface area contributed by atoms with Crippen molar-refractivity contribution >= 4 is 36.7 Å². The molecule has 0 fully saturated rings. The van der Waals surface area contributed by atoms with Gasteiger partial charge in [-0.2, -0.15) is 0 Å². The Balaban J connectivity index is 2.10. The number of benzene rings is 2. The molecule has 0 saturated carbocycles. The van der Waals surface area contributed by atoms with E-state index in [4.69, 9.17) is 0 Å². The summed E-state index contributed by atoms with van der Waals surface area (Å²) < 4.78 is 3.18. The predicted molar refractivity (Wildman–Crippen MR) is 93.9 cm³/mol. The minimum atomic E-state index is -0.306. The van der Waals surface area contributed by atoms with E-state index in [2.05, 4.69) is 87.5 Å². The van der Waals surface area contributed by atoms with Crippen LogP contribution in [0.1, 0.15) is 37.5 Å². The third-order valence-electron chi connectivity index (χ3n) is 3.57. The van der Waals surface area contributed by atoms with Gasteiger partial charge in [0.2, 0.25) is 0 Å². The van der Waals surface area contributed by atoms with Gasteiger partial charge in [0.25, 0.3) is 0 Å². The van der Waals surface area contributed by atoms with Crippen molar-refractivity contribution in [3.63, 3.8) is 0 Å². The molecule has 21 heavy (non-hydrogen) atoms. The van der Waals surface area contributed by atoms with Gasteiger partial charge < -0.3 is 0 Å². The first-order valence-corrected chi connectivity index (χ1v) is 9.63. The van der Waals surface area contributed by atoms with Gasteiger partial charge in [0, 0.05) is 0 Å². The van der Waals surface area contributed by atoms with Crippen LogP contribution in [-0.4, -0.2) is 20.9 Å². The van der Waals surface area contributed by atoms with Gasteiger partial charge in [0.15, 0.2) is 0 Å². The number of hydrogen-bond acceptors (Lipinski definition) is 0. The van der Waals surface area contributed by atoms with Crippen LogP contribution in [0.4, 0.5) is 0 Å². The van der Waals surface area contributed by atoms with Crippen LogP contribution in [0.3, 0.4) is 0 Å². The summed E-state index contributed by atoms with van der Waals surface area (Å²) in [5.41, 5.74) is 4.38. The first kappa shape index (κ1) is 14.6. The minimum absolute atomic E-state index is 0.269. The van der Waals surface area contributed by atoms with Crippen LogP contribution in [-0.2, 0) is 0 Å².